The van der Waals surface area contributed by atoms with E-state index in [-0.39, 0.29) is 0 Å². The van der Waals surface area contributed by atoms with E-state index in [4.69, 9.17) is 27.4 Å². The van der Waals surface area contributed by atoms with Crippen LogP contribution in [-0.4, -0.2) is 31.1 Å². The predicted molar refractivity (Wildman–Crippen MR) is 76.1 cm³/mol. The molecule has 0 aliphatic heterocycles. The van der Waals surface area contributed by atoms with Crippen molar-refractivity contribution in [3.05, 3.63) is 23.8 Å². The van der Waals surface area contributed by atoms with E-state index in [1.165, 1.54) is 0 Å². The summed E-state index contributed by atoms with van der Waals surface area (Å²) in [4.78, 5) is 1.43. The Morgan fingerprint density at radius 2 is 2.18 bits per heavy atom. The number of benzene rings is 1. The summed E-state index contributed by atoms with van der Waals surface area (Å²) in [6.45, 7) is 3.13. The highest BCUT2D eigenvalue weighted by molar-refractivity contribution is 7.99. The van der Waals surface area contributed by atoms with E-state index in [0.29, 0.717) is 18.2 Å². The molecule has 0 unspecified atom stereocenters. The van der Waals surface area contributed by atoms with E-state index < -0.39 is 0 Å². The number of thiocarbonyl (C=S) groups is 1. The molecule has 1 aromatic rings. The molecular formula is C12H17NO2S2. The number of rotatable bonds is 7. The summed E-state index contributed by atoms with van der Waals surface area (Å²) in [6.07, 6.45) is 0. The number of hydrogen-bond acceptors (Lipinski definition) is 4. The molecule has 0 radical (unpaired) electrons. The van der Waals surface area contributed by atoms with Crippen molar-refractivity contribution >= 4 is 29.0 Å². The zero-order valence-corrected chi connectivity index (χ0v) is 11.7. The maximum Gasteiger partial charge on any atom is 0.130 e. The average molecular weight is 271 g/mol. The summed E-state index contributed by atoms with van der Waals surface area (Å²) >= 11 is 6.79. The molecule has 3 nitrogen and oxygen atoms in total. The number of hydrogen-bond donors (Lipinski definition) is 1. The van der Waals surface area contributed by atoms with Gasteiger partial charge in [0.15, 0.2) is 0 Å². The second-order valence-electron chi connectivity index (χ2n) is 3.27. The minimum Gasteiger partial charge on any atom is -0.490 e. The van der Waals surface area contributed by atoms with Crippen molar-refractivity contribution in [2.75, 3.05) is 26.1 Å². The highest BCUT2D eigenvalue weighted by Gasteiger charge is 2.12. The summed E-state index contributed by atoms with van der Waals surface area (Å²) in [6, 6.07) is 5.83. The van der Waals surface area contributed by atoms with Crippen LogP contribution in [0.1, 0.15) is 12.5 Å². The van der Waals surface area contributed by atoms with Crippen LogP contribution < -0.4 is 10.5 Å². The molecule has 2 N–H and O–H groups in total. The van der Waals surface area contributed by atoms with Gasteiger partial charge >= 0.3 is 0 Å². The lowest BCUT2D eigenvalue weighted by Gasteiger charge is -2.13. The third kappa shape index (κ3) is 4.18. The third-order valence-electron chi connectivity index (χ3n) is 2.08. The van der Waals surface area contributed by atoms with Crippen molar-refractivity contribution in [3.63, 3.8) is 0 Å². The van der Waals surface area contributed by atoms with E-state index in [2.05, 4.69) is 6.92 Å². The molecule has 0 aliphatic carbocycles. The minimum absolute atomic E-state index is 0.369. The van der Waals surface area contributed by atoms with Gasteiger partial charge in [0.25, 0.3) is 0 Å². The molecule has 0 spiro atoms. The Labute approximate surface area is 112 Å². The molecule has 0 amide bonds. The fourth-order valence-electron chi connectivity index (χ4n) is 1.38. The molecule has 0 atom stereocenters. The molecule has 0 saturated heterocycles. The molecule has 5 heteroatoms. The van der Waals surface area contributed by atoms with E-state index in [9.17, 15) is 0 Å². The van der Waals surface area contributed by atoms with Gasteiger partial charge < -0.3 is 15.2 Å². The quantitative estimate of drug-likeness (QED) is 0.469. The van der Waals surface area contributed by atoms with Gasteiger partial charge in [-0.15, -0.1) is 11.8 Å². The van der Waals surface area contributed by atoms with Gasteiger partial charge in [0.2, 0.25) is 0 Å². The first-order valence-electron chi connectivity index (χ1n) is 5.38. The standard InChI is InChI=1S/C12H17NO2S2/c1-3-17-10-6-4-5-9(11(10)12(13)16)15-8-7-14-2/h4-6H,3,7-8H2,1-2H3,(H2,13,16). The lowest BCUT2D eigenvalue weighted by atomic mass is 10.2. The number of thioether (sulfide) groups is 1. The molecule has 1 rings (SSSR count). The highest BCUT2D eigenvalue weighted by Crippen LogP contribution is 2.30. The fraction of sp³-hybridized carbons (Fsp3) is 0.417. The number of nitrogens with two attached hydrogens (primary N) is 1. The predicted octanol–water partition coefficient (Wildman–Crippen LogP) is 2.46. The first-order chi connectivity index (χ1) is 8.20. The van der Waals surface area contributed by atoms with Crippen molar-refractivity contribution < 1.29 is 9.47 Å². The lowest BCUT2D eigenvalue weighted by molar-refractivity contribution is 0.146. The summed E-state index contributed by atoms with van der Waals surface area (Å²) in [5.74, 6) is 1.70. The third-order valence-corrected chi connectivity index (χ3v) is 3.22. The number of methoxy groups -OCH3 is 1. The van der Waals surface area contributed by atoms with E-state index in [0.717, 1.165) is 22.0 Å². The molecular weight excluding hydrogens is 254 g/mol. The van der Waals surface area contributed by atoms with Crippen molar-refractivity contribution in [1.29, 1.82) is 0 Å². The van der Waals surface area contributed by atoms with Crippen LogP contribution >= 0.6 is 24.0 Å². The second-order valence-corrected chi connectivity index (χ2v) is 5.01. The Morgan fingerprint density at radius 3 is 2.76 bits per heavy atom. The smallest absolute Gasteiger partial charge is 0.130 e. The minimum atomic E-state index is 0.369. The topological polar surface area (TPSA) is 44.5 Å². The molecule has 0 heterocycles. The SMILES string of the molecule is CCSc1cccc(OCCOC)c1C(N)=S. The van der Waals surface area contributed by atoms with E-state index in [1.54, 1.807) is 18.9 Å². The van der Waals surface area contributed by atoms with Gasteiger partial charge in [-0.25, -0.2) is 0 Å². The molecule has 0 aromatic heterocycles. The Balaban J connectivity index is 2.94. The monoisotopic (exact) mass is 271 g/mol. The van der Waals surface area contributed by atoms with Crippen molar-refractivity contribution in [2.24, 2.45) is 5.73 Å². The zero-order chi connectivity index (χ0) is 12.7. The van der Waals surface area contributed by atoms with Crippen LogP contribution in [0.2, 0.25) is 0 Å². The van der Waals surface area contributed by atoms with Crippen LogP contribution in [0.25, 0.3) is 0 Å². The molecule has 94 valence electrons. The summed E-state index contributed by atoms with van der Waals surface area (Å²) in [5.41, 5.74) is 6.58. The Hall–Kier alpha value is -0.780. The first kappa shape index (κ1) is 14.3. The van der Waals surface area contributed by atoms with Gasteiger partial charge in [-0.05, 0) is 17.9 Å². The highest BCUT2D eigenvalue weighted by atomic mass is 32.2. The molecule has 1 aromatic carbocycles. The maximum atomic E-state index is 5.76. The molecule has 17 heavy (non-hydrogen) atoms. The van der Waals surface area contributed by atoms with Crippen LogP contribution in [-0.2, 0) is 4.74 Å². The van der Waals surface area contributed by atoms with Gasteiger partial charge in [-0.1, -0.05) is 25.2 Å². The van der Waals surface area contributed by atoms with Crippen molar-refractivity contribution in [1.82, 2.24) is 0 Å². The van der Waals surface area contributed by atoms with Gasteiger partial charge in [0.1, 0.15) is 17.3 Å². The lowest BCUT2D eigenvalue weighted by Crippen LogP contribution is -2.14. The molecule has 0 fully saturated rings. The normalized spacial score (nSPS) is 10.2. The first-order valence-corrected chi connectivity index (χ1v) is 6.77. The van der Waals surface area contributed by atoms with E-state index in [1.807, 2.05) is 18.2 Å². The van der Waals surface area contributed by atoms with Crippen LogP contribution in [0.5, 0.6) is 5.75 Å². The van der Waals surface area contributed by atoms with Gasteiger partial charge in [0, 0.05) is 12.0 Å². The molecule has 0 aliphatic rings. The molecule has 0 bridgehead atoms. The Morgan fingerprint density at radius 1 is 1.41 bits per heavy atom. The maximum absolute atomic E-state index is 5.76. The largest absolute Gasteiger partial charge is 0.490 e. The van der Waals surface area contributed by atoms with Gasteiger partial charge in [0.05, 0.1) is 12.2 Å². The summed E-state index contributed by atoms with van der Waals surface area (Å²) in [5, 5.41) is 0. The van der Waals surface area contributed by atoms with Crippen LogP contribution in [0.3, 0.4) is 0 Å². The van der Waals surface area contributed by atoms with Crippen LogP contribution in [0.4, 0.5) is 0 Å². The Kier molecular flexibility index (Phi) is 6.32. The average Bonchev–Trinajstić information content (AvgIpc) is 2.29. The van der Waals surface area contributed by atoms with Crippen molar-refractivity contribution in [2.45, 2.75) is 11.8 Å². The summed E-state index contributed by atoms with van der Waals surface area (Å²) in [7, 11) is 1.64. The van der Waals surface area contributed by atoms with Gasteiger partial charge in [-0.3, -0.25) is 0 Å². The second kappa shape index (κ2) is 7.53. The van der Waals surface area contributed by atoms with Crippen molar-refractivity contribution in [3.8, 4) is 5.75 Å². The van der Waals surface area contributed by atoms with E-state index >= 15 is 0 Å². The molecule has 0 saturated carbocycles. The zero-order valence-electron chi connectivity index (χ0n) is 10.1. The van der Waals surface area contributed by atoms with Crippen LogP contribution in [0, 0.1) is 0 Å². The van der Waals surface area contributed by atoms with Crippen LogP contribution in [0.15, 0.2) is 23.1 Å². The number of ether oxygens (including phenoxy) is 2. The Bertz CT molecular complexity index is 383. The van der Waals surface area contributed by atoms with Gasteiger partial charge in [-0.2, -0.15) is 0 Å². The summed E-state index contributed by atoms with van der Waals surface area (Å²) < 4.78 is 10.6. The fourth-order valence-corrected chi connectivity index (χ4v) is 2.50.